The molecule has 3 nitrogen and oxygen atoms in total. The number of imidazole rings is 1. The number of benzene rings is 1. The molecule has 0 aliphatic rings. The van der Waals surface area contributed by atoms with E-state index in [1.54, 1.807) is 0 Å². The number of aromatic nitrogens is 2. The molecule has 0 aliphatic heterocycles. The third kappa shape index (κ3) is 2.70. The van der Waals surface area contributed by atoms with Crippen LogP contribution in [0.2, 0.25) is 0 Å². The molecular weight excluding hydrogens is 198 g/mol. The van der Waals surface area contributed by atoms with E-state index in [0.29, 0.717) is 6.54 Å². The van der Waals surface area contributed by atoms with Crippen LogP contribution in [0.25, 0.3) is 0 Å². The van der Waals surface area contributed by atoms with Gasteiger partial charge in [-0.25, -0.2) is 4.98 Å². The molecule has 0 spiro atoms. The predicted molar refractivity (Wildman–Crippen MR) is 65.1 cm³/mol. The van der Waals surface area contributed by atoms with Crippen molar-refractivity contribution in [1.82, 2.24) is 9.55 Å². The van der Waals surface area contributed by atoms with Crippen molar-refractivity contribution in [2.45, 2.75) is 19.4 Å². The highest BCUT2D eigenvalue weighted by molar-refractivity contribution is 5.15. The fourth-order valence-electron chi connectivity index (χ4n) is 1.81. The number of hydrogen-bond donors (Lipinski definition) is 1. The van der Waals surface area contributed by atoms with Crippen molar-refractivity contribution in [3.05, 3.63) is 54.1 Å². The first kappa shape index (κ1) is 10.9. The van der Waals surface area contributed by atoms with E-state index in [0.717, 1.165) is 25.2 Å². The molecule has 2 aromatic rings. The maximum absolute atomic E-state index is 5.55. The first-order chi connectivity index (χ1) is 7.90. The van der Waals surface area contributed by atoms with Gasteiger partial charge in [-0.1, -0.05) is 30.3 Å². The number of nitrogens with zero attached hydrogens (tertiary/aromatic N) is 2. The van der Waals surface area contributed by atoms with Crippen LogP contribution >= 0.6 is 0 Å². The van der Waals surface area contributed by atoms with E-state index in [2.05, 4.69) is 33.8 Å². The van der Waals surface area contributed by atoms with Gasteiger partial charge in [0.25, 0.3) is 0 Å². The molecule has 84 valence electrons. The van der Waals surface area contributed by atoms with Crippen LogP contribution in [0.15, 0.2) is 42.7 Å². The standard InChI is InChI=1S/C13H17N3/c14-8-10-16-11-9-15-13(16)7-6-12-4-2-1-3-5-12/h1-5,9,11H,6-8,10,14H2. The molecule has 1 aromatic heterocycles. The zero-order valence-corrected chi connectivity index (χ0v) is 9.34. The second-order valence-corrected chi connectivity index (χ2v) is 3.81. The summed E-state index contributed by atoms with van der Waals surface area (Å²) in [6, 6.07) is 10.5. The van der Waals surface area contributed by atoms with E-state index >= 15 is 0 Å². The summed E-state index contributed by atoms with van der Waals surface area (Å²) in [5, 5.41) is 0. The summed E-state index contributed by atoms with van der Waals surface area (Å²) in [6.07, 6.45) is 5.84. The predicted octanol–water partition coefficient (Wildman–Crippen LogP) is 1.63. The lowest BCUT2D eigenvalue weighted by Crippen LogP contribution is -2.12. The Bertz CT molecular complexity index is 420. The van der Waals surface area contributed by atoms with Gasteiger partial charge >= 0.3 is 0 Å². The highest BCUT2D eigenvalue weighted by atomic mass is 15.1. The summed E-state index contributed by atoms with van der Waals surface area (Å²) in [5.74, 6) is 1.12. The van der Waals surface area contributed by atoms with E-state index in [-0.39, 0.29) is 0 Å². The molecule has 0 radical (unpaired) electrons. The highest BCUT2D eigenvalue weighted by Crippen LogP contribution is 2.05. The summed E-state index contributed by atoms with van der Waals surface area (Å²) < 4.78 is 2.13. The third-order valence-electron chi connectivity index (χ3n) is 2.65. The van der Waals surface area contributed by atoms with Crippen molar-refractivity contribution in [2.75, 3.05) is 6.54 Å². The van der Waals surface area contributed by atoms with Gasteiger partial charge < -0.3 is 10.3 Å². The molecule has 0 atom stereocenters. The quantitative estimate of drug-likeness (QED) is 0.823. The van der Waals surface area contributed by atoms with Crippen LogP contribution in [0.4, 0.5) is 0 Å². The monoisotopic (exact) mass is 215 g/mol. The lowest BCUT2D eigenvalue weighted by atomic mass is 10.1. The van der Waals surface area contributed by atoms with Crippen LogP contribution < -0.4 is 5.73 Å². The van der Waals surface area contributed by atoms with Crippen LogP contribution in [-0.2, 0) is 19.4 Å². The van der Waals surface area contributed by atoms with Crippen molar-refractivity contribution in [1.29, 1.82) is 0 Å². The maximum atomic E-state index is 5.55. The first-order valence-electron chi connectivity index (χ1n) is 5.64. The molecule has 0 fully saturated rings. The van der Waals surface area contributed by atoms with Crippen LogP contribution in [-0.4, -0.2) is 16.1 Å². The fraction of sp³-hybridized carbons (Fsp3) is 0.308. The van der Waals surface area contributed by atoms with Crippen molar-refractivity contribution in [3.8, 4) is 0 Å². The maximum Gasteiger partial charge on any atom is 0.108 e. The van der Waals surface area contributed by atoms with Gasteiger partial charge in [-0.2, -0.15) is 0 Å². The van der Waals surface area contributed by atoms with E-state index in [9.17, 15) is 0 Å². The average molecular weight is 215 g/mol. The number of rotatable bonds is 5. The van der Waals surface area contributed by atoms with E-state index in [4.69, 9.17) is 5.73 Å². The minimum atomic E-state index is 0.661. The lowest BCUT2D eigenvalue weighted by molar-refractivity contribution is 0.655. The fourth-order valence-corrected chi connectivity index (χ4v) is 1.81. The molecular formula is C13H17N3. The molecule has 0 unspecified atom stereocenters. The second kappa shape index (κ2) is 5.47. The first-order valence-corrected chi connectivity index (χ1v) is 5.64. The third-order valence-corrected chi connectivity index (χ3v) is 2.65. The van der Waals surface area contributed by atoms with Gasteiger partial charge in [0.05, 0.1) is 0 Å². The molecule has 0 amide bonds. The minimum absolute atomic E-state index is 0.661. The van der Waals surface area contributed by atoms with E-state index < -0.39 is 0 Å². The molecule has 16 heavy (non-hydrogen) atoms. The Morgan fingerprint density at radius 3 is 2.69 bits per heavy atom. The molecule has 0 bridgehead atoms. The average Bonchev–Trinajstić information content (AvgIpc) is 2.76. The van der Waals surface area contributed by atoms with Gasteiger partial charge in [0, 0.05) is 31.9 Å². The van der Waals surface area contributed by atoms with Crippen molar-refractivity contribution in [2.24, 2.45) is 5.73 Å². The summed E-state index contributed by atoms with van der Waals surface area (Å²) >= 11 is 0. The molecule has 0 saturated heterocycles. The molecule has 1 aromatic carbocycles. The van der Waals surface area contributed by atoms with E-state index in [1.807, 2.05) is 18.5 Å². The Labute approximate surface area is 95.9 Å². The van der Waals surface area contributed by atoms with Crippen LogP contribution in [0.1, 0.15) is 11.4 Å². The summed E-state index contributed by atoms with van der Waals surface area (Å²) in [4.78, 5) is 4.36. The second-order valence-electron chi connectivity index (χ2n) is 3.81. The van der Waals surface area contributed by atoms with Crippen molar-refractivity contribution < 1.29 is 0 Å². The molecule has 3 heteroatoms. The zero-order valence-electron chi connectivity index (χ0n) is 9.34. The van der Waals surface area contributed by atoms with Gasteiger partial charge in [0.15, 0.2) is 0 Å². The van der Waals surface area contributed by atoms with Gasteiger partial charge in [-0.3, -0.25) is 0 Å². The number of nitrogens with two attached hydrogens (primary N) is 1. The Hall–Kier alpha value is -1.61. The smallest absolute Gasteiger partial charge is 0.108 e. The van der Waals surface area contributed by atoms with Crippen LogP contribution in [0, 0.1) is 0 Å². The van der Waals surface area contributed by atoms with Crippen LogP contribution in [0.3, 0.4) is 0 Å². The Morgan fingerprint density at radius 2 is 1.94 bits per heavy atom. The van der Waals surface area contributed by atoms with Gasteiger partial charge in [0.1, 0.15) is 5.82 Å². The Balaban J connectivity index is 1.97. The minimum Gasteiger partial charge on any atom is -0.334 e. The normalized spacial score (nSPS) is 10.6. The van der Waals surface area contributed by atoms with Gasteiger partial charge in [0.2, 0.25) is 0 Å². The molecule has 1 heterocycles. The van der Waals surface area contributed by atoms with Gasteiger partial charge in [-0.15, -0.1) is 0 Å². The molecule has 2 rings (SSSR count). The zero-order chi connectivity index (χ0) is 11.2. The van der Waals surface area contributed by atoms with Crippen LogP contribution in [0.5, 0.6) is 0 Å². The van der Waals surface area contributed by atoms with E-state index in [1.165, 1.54) is 5.56 Å². The highest BCUT2D eigenvalue weighted by Gasteiger charge is 2.02. The summed E-state index contributed by atoms with van der Waals surface area (Å²) in [5.41, 5.74) is 6.90. The summed E-state index contributed by atoms with van der Waals surface area (Å²) in [6.45, 7) is 1.51. The number of aryl methyl sites for hydroxylation is 2. The summed E-state index contributed by atoms with van der Waals surface area (Å²) in [7, 11) is 0. The number of hydrogen-bond acceptors (Lipinski definition) is 2. The van der Waals surface area contributed by atoms with Crippen molar-refractivity contribution >= 4 is 0 Å². The topological polar surface area (TPSA) is 43.8 Å². The SMILES string of the molecule is NCCn1ccnc1CCc1ccccc1. The largest absolute Gasteiger partial charge is 0.334 e. The molecule has 0 aliphatic carbocycles. The van der Waals surface area contributed by atoms with Gasteiger partial charge in [-0.05, 0) is 12.0 Å². The Morgan fingerprint density at radius 1 is 1.12 bits per heavy atom. The molecule has 2 N–H and O–H groups in total. The Kier molecular flexibility index (Phi) is 3.72. The lowest BCUT2D eigenvalue weighted by Gasteiger charge is -2.05. The van der Waals surface area contributed by atoms with Crippen molar-refractivity contribution in [3.63, 3.8) is 0 Å². The molecule has 0 saturated carbocycles.